The molecular formula is C19H21N5O3. The van der Waals surface area contributed by atoms with Crippen molar-refractivity contribution in [3.63, 3.8) is 0 Å². The van der Waals surface area contributed by atoms with Crippen LogP contribution < -0.4 is 15.2 Å². The molecule has 8 heteroatoms. The fourth-order valence-corrected chi connectivity index (χ4v) is 3.09. The van der Waals surface area contributed by atoms with Crippen LogP contribution in [0.15, 0.2) is 41.3 Å². The van der Waals surface area contributed by atoms with Gasteiger partial charge in [0, 0.05) is 30.9 Å². The van der Waals surface area contributed by atoms with E-state index in [-0.39, 0.29) is 5.56 Å². The van der Waals surface area contributed by atoms with Crippen molar-refractivity contribution in [2.75, 3.05) is 38.3 Å². The highest BCUT2D eigenvalue weighted by Gasteiger charge is 2.16. The van der Waals surface area contributed by atoms with E-state index in [0.29, 0.717) is 24.9 Å². The minimum absolute atomic E-state index is 0.146. The van der Waals surface area contributed by atoms with Crippen LogP contribution >= 0.6 is 0 Å². The first-order valence-corrected chi connectivity index (χ1v) is 8.79. The Labute approximate surface area is 156 Å². The van der Waals surface area contributed by atoms with Crippen molar-refractivity contribution in [1.29, 1.82) is 0 Å². The molecule has 1 saturated heterocycles. The van der Waals surface area contributed by atoms with Gasteiger partial charge in [-0.25, -0.2) is 14.6 Å². The number of ether oxygens (including phenoxy) is 2. The molecule has 27 heavy (non-hydrogen) atoms. The van der Waals surface area contributed by atoms with E-state index in [1.54, 1.807) is 19.4 Å². The van der Waals surface area contributed by atoms with Gasteiger partial charge in [0.05, 0.1) is 37.4 Å². The van der Waals surface area contributed by atoms with Crippen molar-refractivity contribution < 1.29 is 9.47 Å². The Morgan fingerprint density at radius 2 is 1.93 bits per heavy atom. The standard InChI is InChI=1S/C19H21N5O3/c1-13-16(12-20-19(21-13)23-7-9-27-10-8-23)17-11-18(25)24(22-17)14-3-5-15(26-2)6-4-14/h3-6,11-12,22H,7-10H2,1-2H3. The maximum atomic E-state index is 12.4. The van der Waals surface area contributed by atoms with Gasteiger partial charge in [-0.15, -0.1) is 0 Å². The van der Waals surface area contributed by atoms with Crippen molar-refractivity contribution in [2.45, 2.75) is 6.92 Å². The Balaban J connectivity index is 1.64. The number of methoxy groups -OCH3 is 1. The van der Waals surface area contributed by atoms with Gasteiger partial charge in [0.1, 0.15) is 5.75 Å². The summed E-state index contributed by atoms with van der Waals surface area (Å²) in [6.07, 6.45) is 1.76. The number of aryl methyl sites for hydroxylation is 1. The van der Waals surface area contributed by atoms with Crippen LogP contribution in [0, 0.1) is 6.92 Å². The van der Waals surface area contributed by atoms with Gasteiger partial charge < -0.3 is 14.4 Å². The van der Waals surface area contributed by atoms with E-state index < -0.39 is 0 Å². The lowest BCUT2D eigenvalue weighted by Crippen LogP contribution is -2.37. The van der Waals surface area contributed by atoms with Crippen molar-refractivity contribution in [1.82, 2.24) is 19.7 Å². The zero-order chi connectivity index (χ0) is 18.8. The van der Waals surface area contributed by atoms with E-state index in [1.807, 2.05) is 31.2 Å². The summed E-state index contributed by atoms with van der Waals surface area (Å²) in [5.74, 6) is 1.43. The molecule has 8 nitrogen and oxygen atoms in total. The lowest BCUT2D eigenvalue weighted by atomic mass is 10.2. The van der Waals surface area contributed by atoms with Crippen LogP contribution in [0.4, 0.5) is 5.95 Å². The topological polar surface area (TPSA) is 85.3 Å². The number of nitrogens with one attached hydrogen (secondary N) is 1. The monoisotopic (exact) mass is 367 g/mol. The first-order valence-electron chi connectivity index (χ1n) is 8.79. The summed E-state index contributed by atoms with van der Waals surface area (Å²) >= 11 is 0. The summed E-state index contributed by atoms with van der Waals surface area (Å²) in [6, 6.07) is 8.84. The highest BCUT2D eigenvalue weighted by atomic mass is 16.5. The van der Waals surface area contributed by atoms with E-state index in [4.69, 9.17) is 9.47 Å². The molecule has 3 heterocycles. The SMILES string of the molecule is COc1ccc(-n2[nH]c(-c3cnc(N4CCOCC4)nc3C)cc2=O)cc1. The van der Waals surface area contributed by atoms with Gasteiger partial charge in [-0.05, 0) is 31.2 Å². The third kappa shape index (κ3) is 3.43. The molecule has 0 saturated carbocycles. The van der Waals surface area contributed by atoms with Gasteiger partial charge in [0.15, 0.2) is 0 Å². The number of morpholine rings is 1. The molecule has 0 spiro atoms. The fourth-order valence-electron chi connectivity index (χ4n) is 3.09. The summed E-state index contributed by atoms with van der Waals surface area (Å²) < 4.78 is 12.0. The zero-order valence-corrected chi connectivity index (χ0v) is 15.3. The van der Waals surface area contributed by atoms with Gasteiger partial charge >= 0.3 is 0 Å². The average Bonchev–Trinajstić information content (AvgIpc) is 3.10. The molecule has 1 aliphatic rings. The number of aromatic amines is 1. The molecule has 0 bridgehead atoms. The van der Waals surface area contributed by atoms with E-state index >= 15 is 0 Å². The number of rotatable bonds is 4. The van der Waals surface area contributed by atoms with Gasteiger partial charge in [0.2, 0.25) is 5.95 Å². The van der Waals surface area contributed by atoms with Crippen LogP contribution in [0.5, 0.6) is 5.75 Å². The van der Waals surface area contributed by atoms with Crippen LogP contribution in [0.25, 0.3) is 16.9 Å². The van der Waals surface area contributed by atoms with Crippen molar-refractivity contribution in [2.24, 2.45) is 0 Å². The number of H-pyrrole nitrogens is 1. The number of hydrogen-bond donors (Lipinski definition) is 1. The molecule has 0 atom stereocenters. The quantitative estimate of drug-likeness (QED) is 0.757. The fraction of sp³-hybridized carbons (Fsp3) is 0.316. The minimum atomic E-state index is -0.146. The third-order valence-electron chi connectivity index (χ3n) is 4.60. The molecule has 140 valence electrons. The summed E-state index contributed by atoms with van der Waals surface area (Å²) in [4.78, 5) is 23.6. The first-order chi connectivity index (χ1) is 13.2. The molecule has 0 unspecified atom stereocenters. The predicted octanol–water partition coefficient (Wildman–Crippen LogP) is 1.78. The third-order valence-corrected chi connectivity index (χ3v) is 4.60. The summed E-state index contributed by atoms with van der Waals surface area (Å²) in [7, 11) is 1.61. The number of nitrogens with zero attached hydrogens (tertiary/aromatic N) is 4. The van der Waals surface area contributed by atoms with E-state index in [2.05, 4.69) is 20.0 Å². The maximum absolute atomic E-state index is 12.4. The van der Waals surface area contributed by atoms with Gasteiger partial charge in [-0.1, -0.05) is 0 Å². The summed E-state index contributed by atoms with van der Waals surface area (Å²) in [5.41, 5.74) is 2.88. The molecule has 1 aromatic carbocycles. The van der Waals surface area contributed by atoms with Crippen LogP contribution in [0.2, 0.25) is 0 Å². The highest BCUT2D eigenvalue weighted by molar-refractivity contribution is 5.61. The highest BCUT2D eigenvalue weighted by Crippen LogP contribution is 2.22. The van der Waals surface area contributed by atoms with Crippen molar-refractivity contribution in [3.8, 4) is 22.7 Å². The average molecular weight is 367 g/mol. The molecule has 0 radical (unpaired) electrons. The van der Waals surface area contributed by atoms with E-state index in [9.17, 15) is 4.79 Å². The van der Waals surface area contributed by atoms with E-state index in [1.165, 1.54) is 4.68 Å². The van der Waals surface area contributed by atoms with Crippen LogP contribution in [-0.4, -0.2) is 53.2 Å². The lowest BCUT2D eigenvalue weighted by Gasteiger charge is -2.27. The molecule has 0 amide bonds. The molecule has 1 N–H and O–H groups in total. The molecule has 4 rings (SSSR count). The van der Waals surface area contributed by atoms with Crippen molar-refractivity contribution in [3.05, 3.63) is 52.6 Å². The molecular weight excluding hydrogens is 346 g/mol. The van der Waals surface area contributed by atoms with Crippen LogP contribution in [-0.2, 0) is 4.74 Å². The minimum Gasteiger partial charge on any atom is -0.497 e. The van der Waals surface area contributed by atoms with E-state index in [0.717, 1.165) is 35.8 Å². The number of anilines is 1. The summed E-state index contributed by atoms with van der Waals surface area (Å²) in [5, 5.41) is 3.14. The van der Waals surface area contributed by atoms with Crippen molar-refractivity contribution >= 4 is 5.95 Å². The summed E-state index contributed by atoms with van der Waals surface area (Å²) in [6.45, 7) is 4.85. The molecule has 2 aromatic heterocycles. The Hall–Kier alpha value is -3.13. The van der Waals surface area contributed by atoms with Gasteiger partial charge in [-0.2, -0.15) is 0 Å². The molecule has 1 fully saturated rings. The number of benzene rings is 1. The Morgan fingerprint density at radius 1 is 1.19 bits per heavy atom. The van der Waals surface area contributed by atoms with Gasteiger partial charge in [0.25, 0.3) is 5.56 Å². The van der Waals surface area contributed by atoms with Crippen LogP contribution in [0.1, 0.15) is 5.69 Å². The zero-order valence-electron chi connectivity index (χ0n) is 15.3. The molecule has 0 aliphatic carbocycles. The first kappa shape index (κ1) is 17.3. The Morgan fingerprint density at radius 3 is 2.59 bits per heavy atom. The smallest absolute Gasteiger partial charge is 0.271 e. The normalized spacial score (nSPS) is 14.4. The number of aromatic nitrogens is 4. The maximum Gasteiger partial charge on any atom is 0.271 e. The molecule has 1 aliphatic heterocycles. The second-order valence-corrected chi connectivity index (χ2v) is 6.31. The lowest BCUT2D eigenvalue weighted by molar-refractivity contribution is 0.122. The van der Waals surface area contributed by atoms with Crippen LogP contribution in [0.3, 0.4) is 0 Å². The largest absolute Gasteiger partial charge is 0.497 e. The predicted molar refractivity (Wildman–Crippen MR) is 102 cm³/mol. The number of hydrogen-bond acceptors (Lipinski definition) is 6. The van der Waals surface area contributed by atoms with Gasteiger partial charge in [-0.3, -0.25) is 9.89 Å². The second-order valence-electron chi connectivity index (χ2n) is 6.31. The Bertz CT molecular complexity index is 987. The Kier molecular flexibility index (Phi) is 4.64. The second kappa shape index (κ2) is 7.24. The molecule has 3 aromatic rings.